The maximum absolute atomic E-state index is 13.7. The highest BCUT2D eigenvalue weighted by Gasteiger charge is 2.21. The summed E-state index contributed by atoms with van der Waals surface area (Å²) in [7, 11) is 0. The summed E-state index contributed by atoms with van der Waals surface area (Å²) < 4.78 is 29.0. The fourth-order valence-corrected chi connectivity index (χ4v) is 3.40. The molecule has 0 atom stereocenters. The number of nitrogens with one attached hydrogen (secondary N) is 1. The van der Waals surface area contributed by atoms with Crippen molar-refractivity contribution in [2.45, 2.75) is 19.9 Å². The monoisotopic (exact) mass is 326 g/mol. The third-order valence-corrected chi connectivity index (χ3v) is 4.44. The highest BCUT2D eigenvalue weighted by Crippen LogP contribution is 2.34. The van der Waals surface area contributed by atoms with Gasteiger partial charge in [0, 0.05) is 24.0 Å². The lowest BCUT2D eigenvalue weighted by Crippen LogP contribution is -2.22. The Bertz CT molecular complexity index is 975. The van der Waals surface area contributed by atoms with Crippen molar-refractivity contribution in [1.82, 2.24) is 9.88 Å². The minimum atomic E-state index is -0.873. The van der Waals surface area contributed by atoms with E-state index in [1.807, 2.05) is 29.7 Å². The van der Waals surface area contributed by atoms with E-state index in [1.54, 1.807) is 6.07 Å². The highest BCUT2D eigenvalue weighted by molar-refractivity contribution is 6.03. The summed E-state index contributed by atoms with van der Waals surface area (Å²) in [4.78, 5) is 12.3. The van der Waals surface area contributed by atoms with Crippen LogP contribution in [0.3, 0.4) is 0 Å². The third kappa shape index (κ3) is 2.28. The largest absolute Gasteiger partial charge is 0.351 e. The molecule has 4 rings (SSSR count). The van der Waals surface area contributed by atoms with E-state index >= 15 is 0 Å². The molecule has 1 N–H and O–H groups in total. The number of rotatable bonds is 1. The van der Waals surface area contributed by atoms with Gasteiger partial charge in [0.25, 0.3) is 5.91 Å². The Labute approximate surface area is 137 Å². The second-order valence-electron chi connectivity index (χ2n) is 6.17. The van der Waals surface area contributed by atoms with Crippen LogP contribution in [0.15, 0.2) is 36.4 Å². The first-order chi connectivity index (χ1) is 11.5. The zero-order valence-corrected chi connectivity index (χ0v) is 13.2. The molecule has 122 valence electrons. The number of aryl methyl sites for hydroxylation is 2. The molecule has 0 unspecified atom stereocenters. The Balaban J connectivity index is 2.04. The summed E-state index contributed by atoms with van der Waals surface area (Å²) in [6.45, 7) is 3.29. The van der Waals surface area contributed by atoms with Crippen molar-refractivity contribution in [3.63, 3.8) is 0 Å². The molecule has 2 aromatic carbocycles. The van der Waals surface area contributed by atoms with Crippen LogP contribution in [0.4, 0.5) is 8.78 Å². The predicted octanol–water partition coefficient (Wildman–Crippen LogP) is 4.03. The molecule has 1 aromatic heterocycles. The van der Waals surface area contributed by atoms with E-state index in [2.05, 4.69) is 5.32 Å². The van der Waals surface area contributed by atoms with Crippen molar-refractivity contribution >= 4 is 16.8 Å². The molecule has 24 heavy (non-hydrogen) atoms. The number of carbonyl (C=O) groups is 1. The molecule has 0 saturated heterocycles. The van der Waals surface area contributed by atoms with E-state index in [0.717, 1.165) is 34.5 Å². The van der Waals surface area contributed by atoms with Crippen LogP contribution in [0.5, 0.6) is 0 Å². The second-order valence-corrected chi connectivity index (χ2v) is 6.17. The first-order valence-electron chi connectivity index (χ1n) is 7.92. The van der Waals surface area contributed by atoms with Gasteiger partial charge in [0.2, 0.25) is 0 Å². The van der Waals surface area contributed by atoms with E-state index in [-0.39, 0.29) is 5.91 Å². The quantitative estimate of drug-likeness (QED) is 0.720. The van der Waals surface area contributed by atoms with Gasteiger partial charge in [-0.25, -0.2) is 8.78 Å². The summed E-state index contributed by atoms with van der Waals surface area (Å²) in [6.07, 6.45) is 0.827. The summed E-state index contributed by atoms with van der Waals surface area (Å²) in [5, 5.41) is 3.81. The van der Waals surface area contributed by atoms with Crippen molar-refractivity contribution in [2.75, 3.05) is 6.54 Å². The summed E-state index contributed by atoms with van der Waals surface area (Å²) in [5.74, 6) is -1.84. The summed E-state index contributed by atoms with van der Waals surface area (Å²) >= 11 is 0. The van der Waals surface area contributed by atoms with E-state index in [4.69, 9.17) is 0 Å². The van der Waals surface area contributed by atoms with Gasteiger partial charge in [-0.3, -0.25) is 4.79 Å². The van der Waals surface area contributed by atoms with Gasteiger partial charge < -0.3 is 9.88 Å². The van der Waals surface area contributed by atoms with E-state index in [0.29, 0.717) is 24.3 Å². The van der Waals surface area contributed by atoms with Gasteiger partial charge in [0.15, 0.2) is 11.6 Å². The van der Waals surface area contributed by atoms with Gasteiger partial charge in [-0.1, -0.05) is 6.07 Å². The topological polar surface area (TPSA) is 34.0 Å². The summed E-state index contributed by atoms with van der Waals surface area (Å²) in [5.41, 5.74) is 3.91. The fourth-order valence-electron chi connectivity index (χ4n) is 3.40. The maximum Gasteiger partial charge on any atom is 0.267 e. The molecule has 0 saturated carbocycles. The molecule has 1 aliphatic rings. The Morgan fingerprint density at radius 2 is 1.92 bits per heavy atom. The van der Waals surface area contributed by atoms with Crippen LogP contribution in [-0.4, -0.2) is 17.0 Å². The first-order valence-corrected chi connectivity index (χ1v) is 7.92. The zero-order valence-electron chi connectivity index (χ0n) is 13.2. The zero-order chi connectivity index (χ0) is 16.8. The molecule has 0 spiro atoms. The van der Waals surface area contributed by atoms with Crippen LogP contribution < -0.4 is 5.32 Å². The van der Waals surface area contributed by atoms with Crippen molar-refractivity contribution in [1.29, 1.82) is 0 Å². The van der Waals surface area contributed by atoms with Gasteiger partial charge in [0.05, 0.1) is 5.52 Å². The van der Waals surface area contributed by atoms with Gasteiger partial charge in [0.1, 0.15) is 5.69 Å². The van der Waals surface area contributed by atoms with E-state index in [1.165, 1.54) is 6.07 Å². The SMILES string of the molecule is Cc1cc(-c2ccc(F)c(F)c2)c2c(c1)cc1n2CCCNC1=O. The Morgan fingerprint density at radius 3 is 2.71 bits per heavy atom. The number of aromatic nitrogens is 1. The van der Waals surface area contributed by atoms with Gasteiger partial charge in [-0.15, -0.1) is 0 Å². The molecular weight excluding hydrogens is 310 g/mol. The van der Waals surface area contributed by atoms with Crippen molar-refractivity contribution in [2.24, 2.45) is 0 Å². The molecule has 2 heterocycles. The Kier molecular flexibility index (Phi) is 3.37. The minimum absolute atomic E-state index is 0.0995. The van der Waals surface area contributed by atoms with Crippen LogP contribution in [0.1, 0.15) is 22.5 Å². The molecule has 3 nitrogen and oxygen atoms in total. The number of fused-ring (bicyclic) bond motifs is 3. The molecule has 0 aliphatic carbocycles. The Morgan fingerprint density at radius 1 is 1.08 bits per heavy atom. The second kappa shape index (κ2) is 5.44. The standard InChI is InChI=1S/C19H16F2N2O/c1-11-7-13-10-17-19(24)22-5-2-6-23(17)18(13)14(8-11)12-3-4-15(20)16(21)9-12/h3-4,7-10H,2,5-6H2,1H3,(H,22,24). The van der Waals surface area contributed by atoms with Crippen LogP contribution in [0, 0.1) is 18.6 Å². The lowest BCUT2D eigenvalue weighted by atomic mass is 10.00. The number of benzene rings is 2. The van der Waals surface area contributed by atoms with Crippen LogP contribution in [-0.2, 0) is 6.54 Å². The predicted molar refractivity (Wildman–Crippen MR) is 89.0 cm³/mol. The molecule has 0 fully saturated rings. The van der Waals surface area contributed by atoms with E-state index < -0.39 is 11.6 Å². The third-order valence-electron chi connectivity index (χ3n) is 4.44. The lowest BCUT2D eigenvalue weighted by Gasteiger charge is -2.12. The van der Waals surface area contributed by atoms with Crippen LogP contribution in [0.25, 0.3) is 22.0 Å². The van der Waals surface area contributed by atoms with E-state index in [9.17, 15) is 13.6 Å². The number of nitrogens with zero attached hydrogens (tertiary/aromatic N) is 1. The smallest absolute Gasteiger partial charge is 0.267 e. The molecule has 1 aliphatic heterocycles. The molecule has 1 amide bonds. The number of carbonyl (C=O) groups excluding carboxylic acids is 1. The normalized spacial score (nSPS) is 14.4. The molecule has 0 bridgehead atoms. The minimum Gasteiger partial charge on any atom is -0.351 e. The lowest BCUT2D eigenvalue weighted by molar-refractivity contribution is 0.0951. The highest BCUT2D eigenvalue weighted by atomic mass is 19.2. The fraction of sp³-hybridized carbons (Fsp3) is 0.211. The number of amides is 1. The van der Waals surface area contributed by atoms with Crippen molar-refractivity contribution in [3.05, 3.63) is 59.3 Å². The summed E-state index contributed by atoms with van der Waals surface area (Å²) in [6, 6.07) is 9.74. The average Bonchev–Trinajstić information content (AvgIpc) is 2.82. The van der Waals surface area contributed by atoms with Gasteiger partial charge in [-0.2, -0.15) is 0 Å². The number of halogens is 2. The first kappa shape index (κ1) is 14.9. The molecular formula is C19H16F2N2O. The Hall–Kier alpha value is -2.69. The van der Waals surface area contributed by atoms with Gasteiger partial charge in [-0.05, 0) is 54.8 Å². The number of hydrogen-bond acceptors (Lipinski definition) is 1. The van der Waals surface area contributed by atoms with Gasteiger partial charge >= 0.3 is 0 Å². The van der Waals surface area contributed by atoms with Crippen molar-refractivity contribution < 1.29 is 13.6 Å². The molecule has 3 aromatic rings. The molecule has 5 heteroatoms. The maximum atomic E-state index is 13.7. The van der Waals surface area contributed by atoms with Crippen LogP contribution in [0.2, 0.25) is 0 Å². The van der Waals surface area contributed by atoms with Crippen LogP contribution >= 0.6 is 0 Å². The number of hydrogen-bond donors (Lipinski definition) is 1. The van der Waals surface area contributed by atoms with Crippen molar-refractivity contribution in [3.8, 4) is 11.1 Å². The molecule has 0 radical (unpaired) electrons. The average molecular weight is 326 g/mol.